The molecule has 4 rings (SSSR count). The summed E-state index contributed by atoms with van der Waals surface area (Å²) in [5.41, 5.74) is -4.59. The quantitative estimate of drug-likeness (QED) is 0.0935. The Hall–Kier alpha value is -4.31. The van der Waals surface area contributed by atoms with Gasteiger partial charge in [0.25, 0.3) is 0 Å². The van der Waals surface area contributed by atoms with E-state index in [9.17, 15) is 40.7 Å². The van der Waals surface area contributed by atoms with E-state index in [1.165, 1.54) is 26.4 Å². The van der Waals surface area contributed by atoms with Gasteiger partial charge in [0.1, 0.15) is 13.2 Å². The van der Waals surface area contributed by atoms with Gasteiger partial charge in [-0.3, -0.25) is 4.79 Å². The van der Waals surface area contributed by atoms with Crippen molar-refractivity contribution in [3.05, 3.63) is 47.3 Å². The Morgan fingerprint density at radius 2 is 1.44 bits per heavy atom. The van der Waals surface area contributed by atoms with Crippen molar-refractivity contribution in [3.63, 3.8) is 0 Å². The van der Waals surface area contributed by atoms with Gasteiger partial charge in [0.2, 0.25) is 11.5 Å². The predicted molar refractivity (Wildman–Crippen MR) is 174 cm³/mol. The number of nitrogens with zero attached hydrogens (tertiary/aromatic N) is 4. The molecule has 2 heterocycles. The number of hydrogen-bond acceptors (Lipinski definition) is 10. The molecule has 17 heteroatoms. The smallest absolute Gasteiger partial charge is 0.416 e. The lowest BCUT2D eigenvalue weighted by Gasteiger charge is -2.48. The van der Waals surface area contributed by atoms with Crippen molar-refractivity contribution < 1.29 is 59.7 Å². The average molecular weight is 747 g/mol. The molecular weight excluding hydrogens is 702 g/mol. The molecule has 0 spiro atoms. The number of amides is 1. The van der Waals surface area contributed by atoms with Gasteiger partial charge in [-0.15, -0.1) is 0 Å². The molecule has 2 aliphatic rings. The minimum Gasteiger partial charge on any atom is -0.487 e. The number of rotatable bonds is 12. The molecule has 3 atom stereocenters. The first-order chi connectivity index (χ1) is 24.5. The molecule has 1 amide bonds. The zero-order valence-electron chi connectivity index (χ0n) is 29.5. The van der Waals surface area contributed by atoms with Crippen LogP contribution in [0.4, 0.5) is 37.1 Å². The summed E-state index contributed by atoms with van der Waals surface area (Å²) < 4.78 is 104. The van der Waals surface area contributed by atoms with E-state index in [2.05, 4.69) is 9.97 Å². The second-order valence-electron chi connectivity index (χ2n) is 13.0. The minimum atomic E-state index is -5.05. The van der Waals surface area contributed by atoms with Crippen LogP contribution in [0.2, 0.25) is 0 Å². The lowest BCUT2D eigenvalue weighted by atomic mass is 9.84. The lowest BCUT2D eigenvalue weighted by molar-refractivity contribution is -0.168. The fourth-order valence-electron chi connectivity index (χ4n) is 6.95. The number of halogens is 6. The highest BCUT2D eigenvalue weighted by Crippen LogP contribution is 2.40. The maximum absolute atomic E-state index is 13.9. The van der Waals surface area contributed by atoms with Crippen molar-refractivity contribution in [1.29, 1.82) is 0 Å². The van der Waals surface area contributed by atoms with Crippen molar-refractivity contribution in [2.24, 2.45) is 0 Å². The third-order valence-corrected chi connectivity index (χ3v) is 9.50. The van der Waals surface area contributed by atoms with Crippen LogP contribution in [-0.4, -0.2) is 76.9 Å². The standard InChI is InChI=1S/C35H44F6N4O7/c1-5-26-17-28(18-27(6-2)45(26)32(48)52-33(30(47)49-4)10-8-7-9-11-33)44(31-42-19-29(20-43-31)51-13-12-50-22(3)46)21-23-14-24(34(36,37)38)16-25(15-23)35(39,40)41/h14-16,19-20,26-28H,5-13,17-18,21H2,1-4H3/t26-,27+,28?. The minimum absolute atomic E-state index is 0.0101. The van der Waals surface area contributed by atoms with E-state index in [0.29, 0.717) is 50.7 Å². The van der Waals surface area contributed by atoms with Gasteiger partial charge in [-0.1, -0.05) is 20.3 Å². The van der Waals surface area contributed by atoms with Crippen LogP contribution in [0.15, 0.2) is 30.6 Å². The largest absolute Gasteiger partial charge is 0.487 e. The number of ether oxygens (including phenoxy) is 4. The molecule has 1 aliphatic heterocycles. The molecule has 2 aromatic rings. The van der Waals surface area contributed by atoms with E-state index in [-0.39, 0.29) is 49.4 Å². The predicted octanol–water partition coefficient (Wildman–Crippen LogP) is 7.50. The Morgan fingerprint density at radius 1 is 0.885 bits per heavy atom. The van der Waals surface area contributed by atoms with Crippen LogP contribution in [0.3, 0.4) is 0 Å². The van der Waals surface area contributed by atoms with E-state index in [0.717, 1.165) is 6.42 Å². The number of methoxy groups -OCH3 is 1. The van der Waals surface area contributed by atoms with Crippen LogP contribution in [0.5, 0.6) is 5.75 Å². The normalized spacial score (nSPS) is 20.5. The third kappa shape index (κ3) is 9.97. The summed E-state index contributed by atoms with van der Waals surface area (Å²) in [4.78, 5) is 49.7. The molecule has 1 aromatic carbocycles. The number of carbonyl (C=O) groups is 3. The van der Waals surface area contributed by atoms with Crippen LogP contribution in [0.1, 0.15) is 95.2 Å². The number of hydrogen-bond donors (Lipinski definition) is 0. The van der Waals surface area contributed by atoms with Gasteiger partial charge in [0.15, 0.2) is 5.75 Å². The lowest BCUT2D eigenvalue weighted by Crippen LogP contribution is -2.59. The number of aromatic nitrogens is 2. The molecular formula is C35H44F6N4O7. The van der Waals surface area contributed by atoms with E-state index in [4.69, 9.17) is 18.9 Å². The highest BCUT2D eigenvalue weighted by atomic mass is 19.4. The summed E-state index contributed by atoms with van der Waals surface area (Å²) in [7, 11) is 1.24. The molecule has 11 nitrogen and oxygen atoms in total. The number of alkyl halides is 6. The summed E-state index contributed by atoms with van der Waals surface area (Å²) in [5, 5.41) is 0. The van der Waals surface area contributed by atoms with Gasteiger partial charge in [0.05, 0.1) is 30.6 Å². The van der Waals surface area contributed by atoms with Crippen molar-refractivity contribution in [2.45, 2.75) is 121 Å². The van der Waals surface area contributed by atoms with Gasteiger partial charge in [-0.25, -0.2) is 19.6 Å². The summed E-state index contributed by atoms with van der Waals surface area (Å²) in [6, 6.07) is -0.0909. The molecule has 1 saturated heterocycles. The molecule has 288 valence electrons. The maximum atomic E-state index is 13.9. The van der Waals surface area contributed by atoms with Gasteiger partial charge >= 0.3 is 30.4 Å². The zero-order chi connectivity index (χ0) is 38.3. The number of likely N-dealkylation sites (tertiary alicyclic amines) is 1. The van der Waals surface area contributed by atoms with Gasteiger partial charge in [0, 0.05) is 31.6 Å². The van der Waals surface area contributed by atoms with E-state index >= 15 is 0 Å². The fourth-order valence-corrected chi connectivity index (χ4v) is 6.95. The number of esters is 2. The van der Waals surface area contributed by atoms with Crippen LogP contribution < -0.4 is 9.64 Å². The number of anilines is 1. The number of carbonyl (C=O) groups excluding carboxylic acids is 3. The molecule has 1 unspecified atom stereocenters. The molecule has 1 aromatic heterocycles. The topological polar surface area (TPSA) is 120 Å². The Kier molecular flexibility index (Phi) is 13.2. The highest BCUT2D eigenvalue weighted by molar-refractivity contribution is 5.83. The van der Waals surface area contributed by atoms with Gasteiger partial charge in [-0.2, -0.15) is 26.3 Å². The van der Waals surface area contributed by atoms with E-state index in [1.807, 2.05) is 13.8 Å². The van der Waals surface area contributed by atoms with Crippen LogP contribution in [-0.2, 0) is 42.7 Å². The van der Waals surface area contributed by atoms with Crippen molar-refractivity contribution in [1.82, 2.24) is 14.9 Å². The molecule has 0 N–H and O–H groups in total. The molecule has 1 aliphatic carbocycles. The van der Waals surface area contributed by atoms with Crippen LogP contribution in [0, 0.1) is 0 Å². The first-order valence-corrected chi connectivity index (χ1v) is 17.2. The summed E-state index contributed by atoms with van der Waals surface area (Å²) >= 11 is 0. The first kappa shape index (κ1) is 40.5. The number of piperidine rings is 1. The fraction of sp³-hybridized carbons (Fsp3) is 0.629. The Labute approximate surface area is 297 Å². The molecule has 52 heavy (non-hydrogen) atoms. The summed E-state index contributed by atoms with van der Waals surface area (Å²) in [5.74, 6) is -0.929. The van der Waals surface area contributed by atoms with Crippen LogP contribution in [0.25, 0.3) is 0 Å². The first-order valence-electron chi connectivity index (χ1n) is 17.2. The van der Waals surface area contributed by atoms with Crippen molar-refractivity contribution in [2.75, 3.05) is 25.2 Å². The zero-order valence-corrected chi connectivity index (χ0v) is 29.5. The molecule has 1 saturated carbocycles. The molecule has 0 bridgehead atoms. The highest BCUT2D eigenvalue weighted by Gasteiger charge is 2.48. The molecule has 0 radical (unpaired) electrons. The van der Waals surface area contributed by atoms with E-state index < -0.39 is 71.8 Å². The van der Waals surface area contributed by atoms with Crippen molar-refractivity contribution >= 4 is 24.0 Å². The summed E-state index contributed by atoms with van der Waals surface area (Å²) in [6.07, 6.45) is -3.97. The Bertz CT molecular complexity index is 1490. The summed E-state index contributed by atoms with van der Waals surface area (Å²) in [6.45, 7) is 4.46. The average Bonchev–Trinajstić information content (AvgIpc) is 3.11. The van der Waals surface area contributed by atoms with Gasteiger partial charge in [-0.05, 0) is 75.1 Å². The van der Waals surface area contributed by atoms with Crippen LogP contribution >= 0.6 is 0 Å². The maximum Gasteiger partial charge on any atom is 0.416 e. The molecule has 2 fully saturated rings. The Morgan fingerprint density at radius 3 is 1.92 bits per heavy atom. The third-order valence-electron chi connectivity index (χ3n) is 9.50. The van der Waals surface area contributed by atoms with Gasteiger partial charge < -0.3 is 28.7 Å². The number of benzene rings is 1. The van der Waals surface area contributed by atoms with Crippen molar-refractivity contribution in [3.8, 4) is 5.75 Å². The van der Waals surface area contributed by atoms with E-state index in [1.54, 1.807) is 9.80 Å². The second kappa shape index (κ2) is 17.0. The Balaban J connectivity index is 1.69. The second-order valence-corrected chi connectivity index (χ2v) is 13.0. The SMILES string of the molecule is CC[C@@H]1CC(N(Cc2cc(C(F)(F)F)cc(C(F)(F)F)c2)c2ncc(OCCOC(C)=O)cn2)C[C@H](CC)N1C(=O)OC1(C(=O)OC)CCCCC1. The monoisotopic (exact) mass is 746 g/mol.